The maximum atomic E-state index is 13.4. The molecule has 4 rings (SSSR count). The van der Waals surface area contributed by atoms with Crippen LogP contribution in [0.5, 0.6) is 11.5 Å². The van der Waals surface area contributed by atoms with Gasteiger partial charge in [0.25, 0.3) is 0 Å². The van der Waals surface area contributed by atoms with Gasteiger partial charge in [0.1, 0.15) is 23.1 Å². The Hall–Kier alpha value is -3.78. The predicted octanol–water partition coefficient (Wildman–Crippen LogP) is 4.76. The summed E-state index contributed by atoms with van der Waals surface area (Å²) in [5, 5.41) is 11.4. The summed E-state index contributed by atoms with van der Waals surface area (Å²) in [4.78, 5) is 13.4. The molecule has 1 amide bonds. The average molecular weight is 447 g/mol. The first-order valence-electron chi connectivity index (χ1n) is 9.89. The molecule has 7 nitrogen and oxygen atoms in total. The van der Waals surface area contributed by atoms with Crippen molar-refractivity contribution in [1.29, 1.82) is 0 Å². The van der Waals surface area contributed by atoms with Gasteiger partial charge in [-0.3, -0.25) is 9.36 Å². The molecule has 0 saturated carbocycles. The molecule has 162 valence electrons. The lowest BCUT2D eigenvalue weighted by atomic mass is 10.1. The highest BCUT2D eigenvalue weighted by atomic mass is 32.2. The molecule has 0 spiro atoms. The van der Waals surface area contributed by atoms with Crippen LogP contribution in [0.25, 0.3) is 5.69 Å². The third kappa shape index (κ3) is 4.76. The van der Waals surface area contributed by atoms with Crippen LogP contribution in [0, 0.1) is 0 Å². The molecule has 1 atom stereocenters. The van der Waals surface area contributed by atoms with E-state index in [4.69, 9.17) is 9.47 Å². The molecule has 0 aliphatic carbocycles. The Morgan fingerprint density at radius 2 is 1.75 bits per heavy atom. The smallest absolute Gasteiger partial charge is 0.242 e. The first-order valence-corrected chi connectivity index (χ1v) is 10.8. The van der Waals surface area contributed by atoms with Crippen LogP contribution in [0.4, 0.5) is 5.69 Å². The van der Waals surface area contributed by atoms with Crippen LogP contribution in [0.3, 0.4) is 0 Å². The molecular weight excluding hydrogens is 424 g/mol. The van der Waals surface area contributed by atoms with Gasteiger partial charge in [-0.25, -0.2) is 0 Å². The van der Waals surface area contributed by atoms with E-state index in [1.807, 2.05) is 77.4 Å². The van der Waals surface area contributed by atoms with Crippen molar-refractivity contribution >= 4 is 23.4 Å². The van der Waals surface area contributed by atoms with Crippen LogP contribution in [0.1, 0.15) is 10.8 Å². The van der Waals surface area contributed by atoms with Gasteiger partial charge >= 0.3 is 0 Å². The summed E-state index contributed by atoms with van der Waals surface area (Å²) in [5.41, 5.74) is 2.30. The first-order chi connectivity index (χ1) is 15.7. The molecule has 8 heteroatoms. The van der Waals surface area contributed by atoms with Crippen molar-refractivity contribution in [2.24, 2.45) is 0 Å². The van der Waals surface area contributed by atoms with E-state index < -0.39 is 5.25 Å². The Balaban J connectivity index is 1.66. The fourth-order valence-corrected chi connectivity index (χ4v) is 4.24. The van der Waals surface area contributed by atoms with Crippen LogP contribution in [0.15, 0.2) is 90.3 Å². The monoisotopic (exact) mass is 446 g/mol. The highest BCUT2D eigenvalue weighted by Gasteiger charge is 2.25. The summed E-state index contributed by atoms with van der Waals surface area (Å²) in [6, 6.07) is 24.4. The van der Waals surface area contributed by atoms with Gasteiger partial charge < -0.3 is 14.8 Å². The second-order valence-corrected chi connectivity index (χ2v) is 7.86. The summed E-state index contributed by atoms with van der Waals surface area (Å²) in [6.07, 6.45) is 1.61. The second-order valence-electron chi connectivity index (χ2n) is 6.79. The zero-order valence-corrected chi connectivity index (χ0v) is 18.5. The molecule has 1 N–H and O–H groups in total. The van der Waals surface area contributed by atoms with Gasteiger partial charge in [-0.15, -0.1) is 10.2 Å². The molecule has 0 aliphatic heterocycles. The number of amides is 1. The molecule has 1 aromatic heterocycles. The third-order valence-corrected chi connectivity index (χ3v) is 5.97. The van der Waals surface area contributed by atoms with Gasteiger partial charge in [0.15, 0.2) is 5.16 Å². The SMILES string of the molecule is COc1cccc(NC(=O)C(Sc2nncn2-c2ccccc2OC)c2ccccc2)c1. The predicted molar refractivity (Wildman–Crippen MR) is 125 cm³/mol. The summed E-state index contributed by atoms with van der Waals surface area (Å²) in [5.74, 6) is 1.18. The van der Waals surface area contributed by atoms with Gasteiger partial charge in [-0.05, 0) is 29.8 Å². The van der Waals surface area contributed by atoms with Crippen molar-refractivity contribution in [3.8, 4) is 17.2 Å². The van der Waals surface area contributed by atoms with Crippen molar-refractivity contribution in [3.05, 3.63) is 90.8 Å². The van der Waals surface area contributed by atoms with Crippen molar-refractivity contribution in [1.82, 2.24) is 14.8 Å². The molecule has 4 aromatic rings. The maximum Gasteiger partial charge on any atom is 0.242 e. The molecule has 0 bridgehead atoms. The fraction of sp³-hybridized carbons (Fsp3) is 0.125. The van der Waals surface area contributed by atoms with Crippen LogP contribution < -0.4 is 14.8 Å². The largest absolute Gasteiger partial charge is 0.497 e. The standard InChI is InChI=1S/C24H22N4O3S/c1-30-19-12-8-11-18(15-19)26-23(29)22(17-9-4-3-5-10-17)32-24-27-25-16-28(24)20-13-6-7-14-21(20)31-2/h3-16,22H,1-2H3,(H,26,29). The van der Waals surface area contributed by atoms with Crippen molar-refractivity contribution in [2.45, 2.75) is 10.4 Å². The number of carbonyl (C=O) groups is 1. The van der Waals surface area contributed by atoms with E-state index in [9.17, 15) is 4.79 Å². The number of benzene rings is 3. The molecule has 1 heterocycles. The minimum atomic E-state index is -0.556. The quantitative estimate of drug-likeness (QED) is 0.393. The molecule has 0 radical (unpaired) electrons. The molecule has 32 heavy (non-hydrogen) atoms. The highest BCUT2D eigenvalue weighted by Crippen LogP contribution is 2.37. The van der Waals surface area contributed by atoms with Gasteiger partial charge in [0, 0.05) is 11.8 Å². The number of hydrogen-bond acceptors (Lipinski definition) is 6. The lowest BCUT2D eigenvalue weighted by Gasteiger charge is -2.18. The van der Waals surface area contributed by atoms with Gasteiger partial charge in [-0.1, -0.05) is 60.3 Å². The minimum absolute atomic E-state index is 0.177. The molecule has 0 aliphatic rings. The van der Waals surface area contributed by atoms with Crippen LogP contribution in [-0.2, 0) is 4.79 Å². The Labute approximate surface area is 190 Å². The number of nitrogens with zero attached hydrogens (tertiary/aromatic N) is 3. The Morgan fingerprint density at radius 1 is 0.969 bits per heavy atom. The number of rotatable bonds is 8. The van der Waals surface area contributed by atoms with Crippen molar-refractivity contribution in [2.75, 3.05) is 19.5 Å². The summed E-state index contributed by atoms with van der Waals surface area (Å²) < 4.78 is 12.6. The van der Waals surface area contributed by atoms with E-state index in [1.165, 1.54) is 11.8 Å². The van der Waals surface area contributed by atoms with Crippen LogP contribution in [0.2, 0.25) is 0 Å². The van der Waals surface area contributed by atoms with E-state index >= 15 is 0 Å². The van der Waals surface area contributed by atoms with E-state index in [0.29, 0.717) is 22.3 Å². The lowest BCUT2D eigenvalue weighted by Crippen LogP contribution is -2.19. The molecule has 3 aromatic carbocycles. The third-order valence-electron chi connectivity index (χ3n) is 4.76. The molecule has 0 saturated heterocycles. The zero-order chi connectivity index (χ0) is 22.3. The number of nitrogens with one attached hydrogen (secondary N) is 1. The van der Waals surface area contributed by atoms with Crippen molar-refractivity contribution in [3.63, 3.8) is 0 Å². The fourth-order valence-electron chi connectivity index (χ4n) is 3.21. The first kappa shape index (κ1) is 21.5. The van der Waals surface area contributed by atoms with E-state index in [0.717, 1.165) is 11.3 Å². The number of carbonyl (C=O) groups excluding carboxylic acids is 1. The normalized spacial score (nSPS) is 11.6. The minimum Gasteiger partial charge on any atom is -0.497 e. The number of anilines is 1. The molecule has 0 fully saturated rings. The Bertz CT molecular complexity index is 1200. The number of methoxy groups -OCH3 is 2. The van der Waals surface area contributed by atoms with E-state index in [2.05, 4.69) is 15.5 Å². The molecular formula is C24H22N4O3S. The summed E-state index contributed by atoms with van der Waals surface area (Å²) in [7, 11) is 3.21. The van der Waals surface area contributed by atoms with Crippen molar-refractivity contribution < 1.29 is 14.3 Å². The zero-order valence-electron chi connectivity index (χ0n) is 17.6. The topological polar surface area (TPSA) is 78.3 Å². The van der Waals surface area contributed by atoms with Gasteiger partial charge in [0.2, 0.25) is 5.91 Å². The summed E-state index contributed by atoms with van der Waals surface area (Å²) in [6.45, 7) is 0. The second kappa shape index (κ2) is 10.0. The highest BCUT2D eigenvalue weighted by molar-refractivity contribution is 8.00. The summed E-state index contributed by atoms with van der Waals surface area (Å²) >= 11 is 1.32. The number of aromatic nitrogens is 3. The van der Waals surface area contributed by atoms with E-state index in [-0.39, 0.29) is 5.91 Å². The van der Waals surface area contributed by atoms with Crippen LogP contribution >= 0.6 is 11.8 Å². The Kier molecular flexibility index (Phi) is 6.72. The van der Waals surface area contributed by atoms with Crippen LogP contribution in [-0.4, -0.2) is 34.9 Å². The van der Waals surface area contributed by atoms with Gasteiger partial charge in [-0.2, -0.15) is 0 Å². The number of thioether (sulfide) groups is 1. The Morgan fingerprint density at radius 3 is 2.53 bits per heavy atom. The average Bonchev–Trinajstić information content (AvgIpc) is 3.31. The number of para-hydroxylation sites is 2. The maximum absolute atomic E-state index is 13.4. The molecule has 1 unspecified atom stereocenters. The van der Waals surface area contributed by atoms with E-state index in [1.54, 1.807) is 26.6 Å². The lowest BCUT2D eigenvalue weighted by molar-refractivity contribution is -0.115. The number of hydrogen-bond donors (Lipinski definition) is 1. The van der Waals surface area contributed by atoms with Gasteiger partial charge in [0.05, 0.1) is 19.9 Å². The number of ether oxygens (including phenoxy) is 2.